The molecular formula is C21H30ClN3O2. The van der Waals surface area contributed by atoms with E-state index < -0.39 is 5.41 Å². The van der Waals surface area contributed by atoms with Gasteiger partial charge in [-0.2, -0.15) is 0 Å². The first kappa shape index (κ1) is 20.2. The summed E-state index contributed by atoms with van der Waals surface area (Å²) in [4.78, 5) is 27.7. The molecule has 2 N–H and O–H groups in total. The molecule has 148 valence electrons. The molecule has 0 saturated carbocycles. The first-order chi connectivity index (χ1) is 12.5. The number of likely N-dealkylation sites (tertiary alicyclic amines) is 1. The van der Waals surface area contributed by atoms with Crippen molar-refractivity contribution in [3.05, 3.63) is 35.9 Å². The van der Waals surface area contributed by atoms with Crippen molar-refractivity contribution >= 4 is 24.2 Å². The van der Waals surface area contributed by atoms with Crippen molar-refractivity contribution in [1.29, 1.82) is 0 Å². The maximum absolute atomic E-state index is 13.1. The topological polar surface area (TPSA) is 61.4 Å². The fourth-order valence-electron chi connectivity index (χ4n) is 4.90. The van der Waals surface area contributed by atoms with Crippen molar-refractivity contribution < 1.29 is 9.59 Å². The average molecular weight is 392 g/mol. The summed E-state index contributed by atoms with van der Waals surface area (Å²) in [5.41, 5.74) is 0.208. The quantitative estimate of drug-likeness (QED) is 0.832. The van der Waals surface area contributed by atoms with Crippen molar-refractivity contribution in [2.45, 2.75) is 63.6 Å². The Hall–Kier alpha value is -1.59. The van der Waals surface area contributed by atoms with E-state index in [0.29, 0.717) is 24.2 Å². The largest absolute Gasteiger partial charge is 0.353 e. The molecule has 3 aliphatic rings. The summed E-state index contributed by atoms with van der Waals surface area (Å²) in [7, 11) is 0. The van der Waals surface area contributed by atoms with E-state index in [1.807, 2.05) is 42.2 Å². The van der Waals surface area contributed by atoms with Crippen molar-refractivity contribution in [2.24, 2.45) is 5.41 Å². The van der Waals surface area contributed by atoms with Crippen LogP contribution in [0.2, 0.25) is 0 Å². The molecule has 0 spiro atoms. The van der Waals surface area contributed by atoms with E-state index in [2.05, 4.69) is 10.6 Å². The lowest BCUT2D eigenvalue weighted by molar-refractivity contribution is -0.133. The molecule has 3 saturated heterocycles. The van der Waals surface area contributed by atoms with Gasteiger partial charge in [-0.15, -0.1) is 12.4 Å². The number of amides is 2. The Bertz CT molecular complexity index is 671. The summed E-state index contributed by atoms with van der Waals surface area (Å²) < 4.78 is 0. The van der Waals surface area contributed by atoms with E-state index in [9.17, 15) is 9.59 Å². The van der Waals surface area contributed by atoms with Crippen LogP contribution < -0.4 is 10.6 Å². The maximum atomic E-state index is 13.1. The number of fused-ring (bicyclic) bond motifs is 2. The lowest BCUT2D eigenvalue weighted by Crippen LogP contribution is -2.56. The number of piperidine rings is 2. The molecule has 3 unspecified atom stereocenters. The summed E-state index contributed by atoms with van der Waals surface area (Å²) in [6.45, 7) is 3.25. The minimum atomic E-state index is -0.493. The SMILES string of the molecule is CC1(C(=O)NC2CC3CCC(C2)N3)CCCN(C(=O)c2ccccc2)C1.Cl. The number of nitrogens with zero attached hydrogens (tertiary/aromatic N) is 1. The van der Waals surface area contributed by atoms with Crippen LogP contribution in [0.3, 0.4) is 0 Å². The molecule has 27 heavy (non-hydrogen) atoms. The predicted octanol–water partition coefficient (Wildman–Crippen LogP) is 2.75. The van der Waals surface area contributed by atoms with Gasteiger partial charge in [-0.05, 0) is 57.6 Å². The summed E-state index contributed by atoms with van der Waals surface area (Å²) in [6, 6.07) is 10.8. The molecule has 4 rings (SSSR count). The first-order valence-electron chi connectivity index (χ1n) is 9.95. The van der Waals surface area contributed by atoms with Gasteiger partial charge in [-0.1, -0.05) is 18.2 Å². The van der Waals surface area contributed by atoms with Crippen molar-refractivity contribution in [3.63, 3.8) is 0 Å². The summed E-state index contributed by atoms with van der Waals surface area (Å²) in [6.07, 6.45) is 6.24. The fourth-order valence-corrected chi connectivity index (χ4v) is 4.90. The van der Waals surface area contributed by atoms with E-state index in [0.717, 1.165) is 32.2 Å². The smallest absolute Gasteiger partial charge is 0.253 e. The van der Waals surface area contributed by atoms with Crippen LogP contribution in [0.5, 0.6) is 0 Å². The minimum Gasteiger partial charge on any atom is -0.353 e. The number of nitrogens with one attached hydrogen (secondary N) is 2. The third-order valence-electron chi connectivity index (χ3n) is 6.36. The third kappa shape index (κ3) is 4.30. The van der Waals surface area contributed by atoms with E-state index in [1.165, 1.54) is 12.8 Å². The number of hydrogen-bond acceptors (Lipinski definition) is 3. The van der Waals surface area contributed by atoms with Crippen LogP contribution in [-0.4, -0.2) is 47.9 Å². The molecule has 5 nitrogen and oxygen atoms in total. The van der Waals surface area contributed by atoms with Gasteiger partial charge in [0, 0.05) is 36.8 Å². The van der Waals surface area contributed by atoms with E-state index in [1.54, 1.807) is 0 Å². The van der Waals surface area contributed by atoms with Crippen molar-refractivity contribution in [1.82, 2.24) is 15.5 Å². The Morgan fingerprint density at radius 1 is 1.15 bits per heavy atom. The normalized spacial score (nSPS) is 32.5. The molecule has 0 radical (unpaired) electrons. The standard InChI is InChI=1S/C21H29N3O2.ClH/c1-21(20(26)23-18-12-16-8-9-17(13-18)22-16)10-5-11-24(14-21)19(25)15-6-3-2-4-7-15;/h2-4,6-7,16-18,22H,5,8-14H2,1H3,(H,23,26);1H. The van der Waals surface area contributed by atoms with Crippen molar-refractivity contribution in [3.8, 4) is 0 Å². The molecule has 0 aliphatic carbocycles. The van der Waals surface area contributed by atoms with Gasteiger partial charge in [0.2, 0.25) is 5.91 Å². The number of carbonyl (C=O) groups is 2. The fraction of sp³-hybridized carbons (Fsp3) is 0.619. The van der Waals surface area contributed by atoms with Crippen LogP contribution in [0.25, 0.3) is 0 Å². The van der Waals surface area contributed by atoms with Gasteiger partial charge >= 0.3 is 0 Å². The van der Waals surface area contributed by atoms with Crippen molar-refractivity contribution in [2.75, 3.05) is 13.1 Å². The number of hydrogen-bond donors (Lipinski definition) is 2. The lowest BCUT2D eigenvalue weighted by Gasteiger charge is -2.41. The molecule has 2 amide bonds. The molecule has 2 bridgehead atoms. The lowest BCUT2D eigenvalue weighted by atomic mass is 9.80. The average Bonchev–Trinajstić information content (AvgIpc) is 3.00. The van der Waals surface area contributed by atoms with Crippen LogP contribution in [0.15, 0.2) is 30.3 Å². The molecule has 1 aromatic carbocycles. The van der Waals surface area contributed by atoms with Gasteiger partial charge in [0.25, 0.3) is 5.91 Å². The second-order valence-electron chi connectivity index (χ2n) is 8.54. The van der Waals surface area contributed by atoms with E-state index in [4.69, 9.17) is 0 Å². The zero-order valence-corrected chi connectivity index (χ0v) is 16.8. The van der Waals surface area contributed by atoms with E-state index in [-0.39, 0.29) is 30.3 Å². The number of halogens is 1. The predicted molar refractivity (Wildman–Crippen MR) is 108 cm³/mol. The molecule has 0 aromatic heterocycles. The third-order valence-corrected chi connectivity index (χ3v) is 6.36. The Kier molecular flexibility index (Phi) is 6.11. The highest BCUT2D eigenvalue weighted by Gasteiger charge is 2.41. The van der Waals surface area contributed by atoms with Crippen LogP contribution in [0, 0.1) is 5.41 Å². The Morgan fingerprint density at radius 3 is 2.48 bits per heavy atom. The molecule has 6 heteroatoms. The zero-order chi connectivity index (χ0) is 18.1. The highest BCUT2D eigenvalue weighted by molar-refractivity contribution is 5.95. The van der Waals surface area contributed by atoms with Gasteiger partial charge in [-0.25, -0.2) is 0 Å². The highest BCUT2D eigenvalue weighted by atomic mass is 35.5. The molecule has 3 heterocycles. The monoisotopic (exact) mass is 391 g/mol. The van der Waals surface area contributed by atoms with Gasteiger partial charge < -0.3 is 15.5 Å². The van der Waals surface area contributed by atoms with Crippen LogP contribution in [0.4, 0.5) is 0 Å². The van der Waals surface area contributed by atoms with Gasteiger partial charge in [-0.3, -0.25) is 9.59 Å². The molecule has 1 aromatic rings. The molecular weight excluding hydrogens is 362 g/mol. The van der Waals surface area contributed by atoms with Gasteiger partial charge in [0.05, 0.1) is 5.41 Å². The van der Waals surface area contributed by atoms with Crippen LogP contribution >= 0.6 is 12.4 Å². The number of rotatable bonds is 3. The minimum absolute atomic E-state index is 0. The second kappa shape index (κ2) is 8.19. The highest BCUT2D eigenvalue weighted by Crippen LogP contribution is 2.32. The number of benzene rings is 1. The molecule has 3 atom stereocenters. The van der Waals surface area contributed by atoms with Gasteiger partial charge in [0.1, 0.15) is 0 Å². The van der Waals surface area contributed by atoms with Gasteiger partial charge in [0.15, 0.2) is 0 Å². The Labute approximate surface area is 167 Å². The second-order valence-corrected chi connectivity index (χ2v) is 8.54. The molecule has 3 aliphatic heterocycles. The Balaban J connectivity index is 0.00000210. The first-order valence-corrected chi connectivity index (χ1v) is 9.95. The Morgan fingerprint density at radius 2 is 1.81 bits per heavy atom. The summed E-state index contributed by atoms with van der Waals surface area (Å²) in [5, 5.41) is 6.93. The maximum Gasteiger partial charge on any atom is 0.253 e. The summed E-state index contributed by atoms with van der Waals surface area (Å²) in [5.74, 6) is 0.151. The zero-order valence-electron chi connectivity index (χ0n) is 15.9. The van der Waals surface area contributed by atoms with Crippen LogP contribution in [-0.2, 0) is 4.79 Å². The van der Waals surface area contributed by atoms with E-state index >= 15 is 0 Å². The van der Waals surface area contributed by atoms with Crippen LogP contribution in [0.1, 0.15) is 55.8 Å². The number of carbonyl (C=O) groups excluding carboxylic acids is 2. The summed E-state index contributed by atoms with van der Waals surface area (Å²) >= 11 is 0. The molecule has 3 fully saturated rings.